The first-order chi connectivity index (χ1) is 3.48. The van der Waals surface area contributed by atoms with Gasteiger partial charge in [-0.15, -0.1) is 0 Å². The van der Waals surface area contributed by atoms with E-state index in [9.17, 15) is 4.21 Å². The molecule has 8 heavy (non-hydrogen) atoms. The lowest BCUT2D eigenvalue weighted by molar-refractivity contribution is 0.650. The van der Waals surface area contributed by atoms with Gasteiger partial charge in [-0.1, -0.05) is 6.92 Å². The second kappa shape index (κ2) is 2.62. The Balaban J connectivity index is 3.82. The first kappa shape index (κ1) is 8.15. The lowest BCUT2D eigenvalue weighted by Gasteiger charge is -2.15. The summed E-state index contributed by atoms with van der Waals surface area (Å²) in [6, 6.07) is 0. The largest absolute Gasteiger partial charge is 0.259 e. The number of hydrogen-bond donors (Lipinski definition) is 0. The molecule has 0 aromatic carbocycles. The Morgan fingerprint density at radius 2 is 1.75 bits per heavy atom. The normalized spacial score (nSPS) is 16.0. The molecular weight excluding hydrogens is 120 g/mol. The Bertz CT molecular complexity index is 91.2. The lowest BCUT2D eigenvalue weighted by atomic mass is 10.3. The molecule has 0 aliphatic carbocycles. The van der Waals surface area contributed by atoms with E-state index in [1.807, 2.05) is 27.7 Å². The van der Waals surface area contributed by atoms with Crippen molar-refractivity contribution < 1.29 is 4.21 Å². The minimum atomic E-state index is -0.644. The zero-order chi connectivity index (χ0) is 6.78. The van der Waals surface area contributed by atoms with Gasteiger partial charge < -0.3 is 0 Å². The van der Waals surface area contributed by atoms with Crippen molar-refractivity contribution in [3.63, 3.8) is 0 Å². The molecule has 0 aliphatic heterocycles. The second-order valence-electron chi connectivity index (χ2n) is 2.75. The Labute approximate surface area is 53.9 Å². The van der Waals surface area contributed by atoms with Crippen LogP contribution in [0.2, 0.25) is 0 Å². The van der Waals surface area contributed by atoms with E-state index in [4.69, 9.17) is 0 Å². The molecule has 0 aromatic heterocycles. The van der Waals surface area contributed by atoms with Crippen molar-refractivity contribution in [1.82, 2.24) is 0 Å². The summed E-state index contributed by atoms with van der Waals surface area (Å²) in [5.74, 6) is 0.767. The van der Waals surface area contributed by atoms with Gasteiger partial charge in [-0.05, 0) is 20.8 Å². The van der Waals surface area contributed by atoms with Gasteiger partial charge in [0.1, 0.15) is 0 Å². The third kappa shape index (κ3) is 2.46. The van der Waals surface area contributed by atoms with Crippen LogP contribution in [0.5, 0.6) is 0 Å². The SMILES string of the molecule is CCS(=O)C(C)(C)C. The summed E-state index contributed by atoms with van der Waals surface area (Å²) in [6.45, 7) is 7.92. The van der Waals surface area contributed by atoms with Crippen LogP contribution in [0.4, 0.5) is 0 Å². The molecule has 2 heteroatoms. The molecule has 0 fully saturated rings. The Morgan fingerprint density at radius 3 is 1.75 bits per heavy atom. The van der Waals surface area contributed by atoms with Crippen LogP contribution in [0, 0.1) is 0 Å². The van der Waals surface area contributed by atoms with Crippen LogP contribution >= 0.6 is 0 Å². The summed E-state index contributed by atoms with van der Waals surface area (Å²) in [5, 5.41) is 0. The highest BCUT2D eigenvalue weighted by atomic mass is 32.2. The van der Waals surface area contributed by atoms with Gasteiger partial charge in [-0.25, -0.2) is 0 Å². The van der Waals surface area contributed by atoms with Crippen LogP contribution in [-0.4, -0.2) is 14.7 Å². The Kier molecular flexibility index (Phi) is 2.67. The molecule has 0 heterocycles. The molecule has 50 valence electrons. The van der Waals surface area contributed by atoms with Crippen molar-refractivity contribution in [2.75, 3.05) is 5.75 Å². The van der Waals surface area contributed by atoms with E-state index in [0.717, 1.165) is 5.75 Å². The van der Waals surface area contributed by atoms with Crippen LogP contribution in [0.1, 0.15) is 27.7 Å². The minimum absolute atomic E-state index is 0.0191. The molecular formula is C6H14OS. The fourth-order valence-corrected chi connectivity index (χ4v) is 1.30. The van der Waals surface area contributed by atoms with E-state index in [2.05, 4.69) is 0 Å². The molecule has 0 aromatic rings. The van der Waals surface area contributed by atoms with Crippen LogP contribution < -0.4 is 0 Å². The summed E-state index contributed by atoms with van der Waals surface area (Å²) in [5.41, 5.74) is 0. The average molecular weight is 134 g/mol. The van der Waals surface area contributed by atoms with Crippen molar-refractivity contribution in [2.45, 2.75) is 32.4 Å². The molecule has 1 atom stereocenters. The van der Waals surface area contributed by atoms with Gasteiger partial charge in [0.05, 0.1) is 0 Å². The maximum atomic E-state index is 10.9. The fraction of sp³-hybridized carbons (Fsp3) is 1.00. The van der Waals surface area contributed by atoms with E-state index in [1.54, 1.807) is 0 Å². The van der Waals surface area contributed by atoms with E-state index in [1.165, 1.54) is 0 Å². The smallest absolute Gasteiger partial charge is 0.0374 e. The summed E-state index contributed by atoms with van der Waals surface area (Å²) in [6.07, 6.45) is 0. The van der Waals surface area contributed by atoms with Gasteiger partial charge >= 0.3 is 0 Å². The van der Waals surface area contributed by atoms with Crippen molar-refractivity contribution in [3.05, 3.63) is 0 Å². The van der Waals surface area contributed by atoms with Crippen molar-refractivity contribution in [1.29, 1.82) is 0 Å². The minimum Gasteiger partial charge on any atom is -0.259 e. The molecule has 0 aliphatic rings. The summed E-state index contributed by atoms with van der Waals surface area (Å²) < 4.78 is 10.9. The number of rotatable bonds is 1. The summed E-state index contributed by atoms with van der Waals surface area (Å²) >= 11 is 0. The highest BCUT2D eigenvalue weighted by molar-refractivity contribution is 7.86. The van der Waals surface area contributed by atoms with Crippen LogP contribution in [0.3, 0.4) is 0 Å². The zero-order valence-electron chi connectivity index (χ0n) is 6.02. The highest BCUT2D eigenvalue weighted by Gasteiger charge is 2.16. The molecule has 0 bridgehead atoms. The zero-order valence-corrected chi connectivity index (χ0v) is 6.84. The van der Waals surface area contributed by atoms with Crippen molar-refractivity contribution in [2.24, 2.45) is 0 Å². The Hall–Kier alpha value is 0.150. The summed E-state index contributed by atoms with van der Waals surface area (Å²) in [4.78, 5) is 0. The van der Waals surface area contributed by atoms with Crippen molar-refractivity contribution >= 4 is 10.8 Å². The van der Waals surface area contributed by atoms with Crippen molar-refractivity contribution in [3.8, 4) is 0 Å². The molecule has 0 N–H and O–H groups in total. The molecule has 0 amide bonds. The average Bonchev–Trinajstić information content (AvgIpc) is 1.62. The van der Waals surface area contributed by atoms with Gasteiger partial charge in [-0.2, -0.15) is 0 Å². The first-order valence-electron chi connectivity index (χ1n) is 2.87. The van der Waals surface area contributed by atoms with Gasteiger partial charge in [0.25, 0.3) is 0 Å². The molecule has 0 spiro atoms. The molecule has 0 rings (SSSR count). The predicted octanol–water partition coefficient (Wildman–Crippen LogP) is 1.55. The second-order valence-corrected chi connectivity index (χ2v) is 5.24. The van der Waals surface area contributed by atoms with Gasteiger partial charge in [-0.3, -0.25) is 4.21 Å². The maximum Gasteiger partial charge on any atom is 0.0374 e. The molecule has 1 nitrogen and oxygen atoms in total. The third-order valence-corrected chi connectivity index (χ3v) is 2.84. The standard InChI is InChI=1S/C6H14OS/c1-5-8(7)6(2,3)4/h5H2,1-4H3. The summed E-state index contributed by atoms with van der Waals surface area (Å²) in [7, 11) is -0.644. The Morgan fingerprint density at radius 1 is 1.38 bits per heavy atom. The van der Waals surface area contributed by atoms with Gasteiger partial charge in [0, 0.05) is 21.3 Å². The monoisotopic (exact) mass is 134 g/mol. The quantitative estimate of drug-likeness (QED) is 0.532. The van der Waals surface area contributed by atoms with E-state index in [0.29, 0.717) is 0 Å². The molecule has 0 saturated carbocycles. The fourth-order valence-electron chi connectivity index (χ4n) is 0.433. The third-order valence-electron chi connectivity index (χ3n) is 0.945. The van der Waals surface area contributed by atoms with E-state index >= 15 is 0 Å². The first-order valence-corrected chi connectivity index (χ1v) is 4.19. The molecule has 0 radical (unpaired) electrons. The molecule has 0 saturated heterocycles. The van der Waals surface area contributed by atoms with Crippen LogP contribution in [-0.2, 0) is 10.8 Å². The van der Waals surface area contributed by atoms with Crippen LogP contribution in [0.25, 0.3) is 0 Å². The van der Waals surface area contributed by atoms with E-state index in [-0.39, 0.29) is 4.75 Å². The van der Waals surface area contributed by atoms with Gasteiger partial charge in [0.15, 0.2) is 0 Å². The number of hydrogen-bond acceptors (Lipinski definition) is 1. The maximum absolute atomic E-state index is 10.9. The van der Waals surface area contributed by atoms with Crippen LogP contribution in [0.15, 0.2) is 0 Å². The molecule has 1 unspecified atom stereocenters. The van der Waals surface area contributed by atoms with Gasteiger partial charge in [0.2, 0.25) is 0 Å². The van der Waals surface area contributed by atoms with E-state index < -0.39 is 10.8 Å². The lowest BCUT2D eigenvalue weighted by Crippen LogP contribution is -2.22. The topological polar surface area (TPSA) is 17.1 Å². The predicted molar refractivity (Wildman–Crippen MR) is 38.4 cm³/mol. The highest BCUT2D eigenvalue weighted by Crippen LogP contribution is 2.09.